The van der Waals surface area contributed by atoms with Crippen molar-refractivity contribution in [1.29, 1.82) is 0 Å². The van der Waals surface area contributed by atoms with Crippen molar-refractivity contribution < 1.29 is 14.3 Å². The molecule has 25 heavy (non-hydrogen) atoms. The fourth-order valence-electron chi connectivity index (χ4n) is 3.17. The van der Waals surface area contributed by atoms with Crippen molar-refractivity contribution in [3.05, 3.63) is 0 Å². The fraction of sp³-hybridized carbons (Fsp3) is 0.889. The standard InChI is InChI=1S/C18H34N4O3/c1-3-19-18(22-10-8-21(9-11-22)16(2)23)20-7-4-12-25-15-17-5-13-24-14-6-17/h17H,3-15H2,1-2H3,(H,19,20). The molecule has 0 aromatic carbocycles. The predicted octanol–water partition coefficient (Wildman–Crippen LogP) is 0.949. The third-order valence-corrected chi connectivity index (χ3v) is 4.76. The molecule has 0 aliphatic carbocycles. The van der Waals surface area contributed by atoms with Gasteiger partial charge in [-0.05, 0) is 32.1 Å². The third-order valence-electron chi connectivity index (χ3n) is 4.76. The second-order valence-electron chi connectivity index (χ2n) is 6.71. The first kappa shape index (κ1) is 20.0. The number of carbonyl (C=O) groups is 1. The van der Waals surface area contributed by atoms with Gasteiger partial charge in [-0.15, -0.1) is 0 Å². The Morgan fingerprint density at radius 1 is 1.20 bits per heavy atom. The lowest BCUT2D eigenvalue weighted by Crippen LogP contribution is -2.53. The number of hydrogen-bond donors (Lipinski definition) is 1. The Morgan fingerprint density at radius 3 is 2.52 bits per heavy atom. The number of nitrogens with zero attached hydrogens (tertiary/aromatic N) is 3. The molecule has 2 rings (SSSR count). The van der Waals surface area contributed by atoms with E-state index in [2.05, 4.69) is 17.1 Å². The van der Waals surface area contributed by atoms with Crippen LogP contribution in [0.3, 0.4) is 0 Å². The van der Waals surface area contributed by atoms with E-state index in [9.17, 15) is 4.79 Å². The molecular formula is C18H34N4O3. The maximum atomic E-state index is 11.4. The van der Waals surface area contributed by atoms with E-state index in [0.29, 0.717) is 5.92 Å². The van der Waals surface area contributed by atoms with Crippen LogP contribution < -0.4 is 5.32 Å². The van der Waals surface area contributed by atoms with Crippen LogP contribution in [-0.4, -0.2) is 87.4 Å². The summed E-state index contributed by atoms with van der Waals surface area (Å²) in [5.41, 5.74) is 0. The van der Waals surface area contributed by atoms with E-state index in [-0.39, 0.29) is 5.91 Å². The van der Waals surface area contributed by atoms with Crippen molar-refractivity contribution in [2.45, 2.75) is 33.1 Å². The highest BCUT2D eigenvalue weighted by Gasteiger charge is 2.20. The summed E-state index contributed by atoms with van der Waals surface area (Å²) in [6.07, 6.45) is 3.18. The molecule has 144 valence electrons. The summed E-state index contributed by atoms with van der Waals surface area (Å²) in [6.45, 7) is 11.9. The van der Waals surface area contributed by atoms with Crippen LogP contribution in [0.15, 0.2) is 4.99 Å². The Morgan fingerprint density at radius 2 is 1.88 bits per heavy atom. The lowest BCUT2D eigenvalue weighted by Gasteiger charge is -2.36. The van der Waals surface area contributed by atoms with Crippen LogP contribution in [0.1, 0.15) is 33.1 Å². The number of hydrogen-bond acceptors (Lipinski definition) is 4. The van der Waals surface area contributed by atoms with Crippen molar-refractivity contribution >= 4 is 11.9 Å². The molecule has 2 saturated heterocycles. The maximum Gasteiger partial charge on any atom is 0.219 e. The van der Waals surface area contributed by atoms with E-state index < -0.39 is 0 Å². The molecule has 7 heteroatoms. The van der Waals surface area contributed by atoms with Gasteiger partial charge in [-0.1, -0.05) is 0 Å². The van der Waals surface area contributed by atoms with Gasteiger partial charge in [0.2, 0.25) is 5.91 Å². The molecule has 2 heterocycles. The molecule has 0 saturated carbocycles. The van der Waals surface area contributed by atoms with Gasteiger partial charge in [-0.2, -0.15) is 0 Å². The molecular weight excluding hydrogens is 320 g/mol. The Kier molecular flexibility index (Phi) is 9.04. The van der Waals surface area contributed by atoms with Gasteiger partial charge in [0.05, 0.1) is 0 Å². The molecule has 7 nitrogen and oxygen atoms in total. The third kappa shape index (κ3) is 7.20. The lowest BCUT2D eigenvalue weighted by molar-refractivity contribution is -0.130. The van der Waals surface area contributed by atoms with E-state index >= 15 is 0 Å². The molecule has 0 unspecified atom stereocenters. The van der Waals surface area contributed by atoms with Crippen LogP contribution in [0.4, 0.5) is 0 Å². The summed E-state index contributed by atoms with van der Waals surface area (Å²) >= 11 is 0. The summed E-state index contributed by atoms with van der Waals surface area (Å²) in [4.78, 5) is 20.3. The molecule has 0 aromatic heterocycles. The summed E-state index contributed by atoms with van der Waals surface area (Å²) in [5.74, 6) is 1.77. The smallest absolute Gasteiger partial charge is 0.219 e. The van der Waals surface area contributed by atoms with Crippen LogP contribution in [0.25, 0.3) is 0 Å². The molecule has 0 spiro atoms. The maximum absolute atomic E-state index is 11.4. The van der Waals surface area contributed by atoms with E-state index in [4.69, 9.17) is 14.5 Å². The minimum Gasteiger partial charge on any atom is -0.381 e. The number of ether oxygens (including phenoxy) is 2. The van der Waals surface area contributed by atoms with Gasteiger partial charge in [0.15, 0.2) is 5.96 Å². The normalized spacial score (nSPS) is 20.0. The van der Waals surface area contributed by atoms with Crippen LogP contribution in [0, 0.1) is 5.92 Å². The van der Waals surface area contributed by atoms with Crippen LogP contribution in [0.5, 0.6) is 0 Å². The summed E-state index contributed by atoms with van der Waals surface area (Å²) in [6, 6.07) is 0. The number of rotatable bonds is 7. The number of amides is 1. The minimum absolute atomic E-state index is 0.156. The molecule has 1 N–H and O–H groups in total. The highest BCUT2D eigenvalue weighted by atomic mass is 16.5. The Labute approximate surface area is 151 Å². The number of aliphatic imine (C=N–C) groups is 1. The summed E-state index contributed by atoms with van der Waals surface area (Å²) < 4.78 is 11.2. The van der Waals surface area contributed by atoms with Gasteiger partial charge >= 0.3 is 0 Å². The predicted molar refractivity (Wildman–Crippen MR) is 98.8 cm³/mol. The van der Waals surface area contributed by atoms with Crippen molar-refractivity contribution in [3.8, 4) is 0 Å². The molecule has 2 fully saturated rings. The lowest BCUT2D eigenvalue weighted by atomic mass is 10.0. The zero-order chi connectivity index (χ0) is 17.9. The van der Waals surface area contributed by atoms with Crippen LogP contribution in [0.2, 0.25) is 0 Å². The largest absolute Gasteiger partial charge is 0.381 e. The van der Waals surface area contributed by atoms with Gasteiger partial charge in [-0.3, -0.25) is 9.79 Å². The van der Waals surface area contributed by atoms with E-state index in [0.717, 1.165) is 90.9 Å². The molecule has 2 aliphatic heterocycles. The zero-order valence-corrected chi connectivity index (χ0v) is 15.8. The number of nitrogens with one attached hydrogen (secondary N) is 1. The van der Waals surface area contributed by atoms with Crippen molar-refractivity contribution in [3.63, 3.8) is 0 Å². The van der Waals surface area contributed by atoms with Crippen molar-refractivity contribution in [2.75, 3.05) is 65.7 Å². The van der Waals surface area contributed by atoms with E-state index in [1.54, 1.807) is 6.92 Å². The van der Waals surface area contributed by atoms with Crippen LogP contribution >= 0.6 is 0 Å². The van der Waals surface area contributed by atoms with Gasteiger partial charge in [0.1, 0.15) is 0 Å². The average molecular weight is 354 g/mol. The monoisotopic (exact) mass is 354 g/mol. The number of guanidine groups is 1. The SMILES string of the molecule is CCNC(=NCCCOCC1CCOCC1)N1CCN(C(C)=O)CC1. The van der Waals surface area contributed by atoms with Crippen LogP contribution in [-0.2, 0) is 14.3 Å². The Balaban J connectivity index is 1.64. The molecule has 0 bridgehead atoms. The van der Waals surface area contributed by atoms with E-state index in [1.807, 2.05) is 4.90 Å². The summed E-state index contributed by atoms with van der Waals surface area (Å²) in [5, 5.41) is 3.36. The fourth-order valence-corrected chi connectivity index (χ4v) is 3.17. The van der Waals surface area contributed by atoms with Gasteiger partial charge in [-0.25, -0.2) is 0 Å². The van der Waals surface area contributed by atoms with Crippen molar-refractivity contribution in [1.82, 2.24) is 15.1 Å². The first-order chi connectivity index (χ1) is 12.2. The molecule has 0 aromatic rings. The van der Waals surface area contributed by atoms with Gasteiger partial charge < -0.3 is 24.6 Å². The highest BCUT2D eigenvalue weighted by Crippen LogP contribution is 2.14. The average Bonchev–Trinajstić information content (AvgIpc) is 2.64. The van der Waals surface area contributed by atoms with Gasteiger partial charge in [0.25, 0.3) is 0 Å². The molecule has 0 atom stereocenters. The van der Waals surface area contributed by atoms with Crippen molar-refractivity contribution in [2.24, 2.45) is 10.9 Å². The topological polar surface area (TPSA) is 66.4 Å². The van der Waals surface area contributed by atoms with Gasteiger partial charge in [0, 0.05) is 72.6 Å². The first-order valence-corrected chi connectivity index (χ1v) is 9.65. The molecule has 2 aliphatic rings. The number of piperazine rings is 1. The molecule has 1 amide bonds. The minimum atomic E-state index is 0.156. The first-order valence-electron chi connectivity index (χ1n) is 9.65. The molecule has 0 radical (unpaired) electrons. The highest BCUT2D eigenvalue weighted by molar-refractivity contribution is 5.80. The second kappa shape index (κ2) is 11.3. The summed E-state index contributed by atoms with van der Waals surface area (Å²) in [7, 11) is 0. The Bertz CT molecular complexity index is 417. The zero-order valence-electron chi connectivity index (χ0n) is 15.8. The Hall–Kier alpha value is -1.34. The van der Waals surface area contributed by atoms with E-state index in [1.165, 1.54) is 0 Å². The second-order valence-corrected chi connectivity index (χ2v) is 6.71. The number of carbonyl (C=O) groups excluding carboxylic acids is 1. The quantitative estimate of drug-likeness (QED) is 0.419.